The lowest BCUT2D eigenvalue weighted by molar-refractivity contribution is -0.149. The molecule has 0 fully saturated rings. The molecule has 1 rings (SSSR count). The molecule has 0 radical (unpaired) electrons. The molecule has 1 aromatic rings. The molecule has 5 heteroatoms. The summed E-state index contributed by atoms with van der Waals surface area (Å²) in [6.45, 7) is 1.62. The molecule has 0 aliphatic heterocycles. The van der Waals surface area contributed by atoms with Crippen LogP contribution in [0.15, 0.2) is 18.2 Å². The zero-order chi connectivity index (χ0) is 10.9. The van der Waals surface area contributed by atoms with Gasteiger partial charge in [-0.15, -0.1) is 0 Å². The standard InChI is InChI=1S/C9H9F3IN/c1-5-2-3-6(13)4-7(5)8(14)9(10,11)12/h2-4,8H,14H2,1H3/t8-/m1/s1. The van der Waals surface area contributed by atoms with Crippen molar-refractivity contribution < 1.29 is 13.2 Å². The van der Waals surface area contributed by atoms with Crippen molar-refractivity contribution >= 4 is 22.6 Å². The van der Waals surface area contributed by atoms with Gasteiger partial charge in [-0.2, -0.15) is 13.2 Å². The maximum atomic E-state index is 12.3. The van der Waals surface area contributed by atoms with Crippen LogP contribution in [0.2, 0.25) is 0 Å². The van der Waals surface area contributed by atoms with Crippen LogP contribution in [0.3, 0.4) is 0 Å². The Morgan fingerprint density at radius 3 is 2.43 bits per heavy atom. The molecule has 0 heterocycles. The number of rotatable bonds is 1. The van der Waals surface area contributed by atoms with Crippen molar-refractivity contribution in [3.63, 3.8) is 0 Å². The van der Waals surface area contributed by atoms with E-state index >= 15 is 0 Å². The number of benzene rings is 1. The molecule has 78 valence electrons. The van der Waals surface area contributed by atoms with Gasteiger partial charge in [0.1, 0.15) is 6.04 Å². The maximum absolute atomic E-state index is 12.3. The van der Waals surface area contributed by atoms with Gasteiger partial charge in [0.25, 0.3) is 0 Å². The first-order valence-electron chi connectivity index (χ1n) is 3.90. The van der Waals surface area contributed by atoms with E-state index in [9.17, 15) is 13.2 Å². The van der Waals surface area contributed by atoms with Crippen LogP contribution in [0.25, 0.3) is 0 Å². The molecule has 0 spiro atoms. The van der Waals surface area contributed by atoms with Crippen LogP contribution in [0.1, 0.15) is 17.2 Å². The van der Waals surface area contributed by atoms with Gasteiger partial charge in [-0.3, -0.25) is 0 Å². The van der Waals surface area contributed by atoms with Crippen molar-refractivity contribution in [3.05, 3.63) is 32.9 Å². The molecule has 0 saturated carbocycles. The fraction of sp³-hybridized carbons (Fsp3) is 0.333. The van der Waals surface area contributed by atoms with Gasteiger partial charge in [0.05, 0.1) is 0 Å². The van der Waals surface area contributed by atoms with Crippen LogP contribution in [0.4, 0.5) is 13.2 Å². The summed E-state index contributed by atoms with van der Waals surface area (Å²) >= 11 is 1.96. The monoisotopic (exact) mass is 315 g/mol. The summed E-state index contributed by atoms with van der Waals surface area (Å²) < 4.78 is 37.7. The van der Waals surface area contributed by atoms with E-state index < -0.39 is 12.2 Å². The molecule has 14 heavy (non-hydrogen) atoms. The summed E-state index contributed by atoms with van der Waals surface area (Å²) in [6.07, 6.45) is -4.38. The number of aryl methyl sites for hydroxylation is 1. The second-order valence-corrected chi connectivity index (χ2v) is 4.27. The van der Waals surface area contributed by atoms with Crippen molar-refractivity contribution in [2.75, 3.05) is 0 Å². The van der Waals surface area contributed by atoms with Gasteiger partial charge in [-0.1, -0.05) is 6.07 Å². The van der Waals surface area contributed by atoms with E-state index in [2.05, 4.69) is 0 Å². The predicted molar refractivity (Wildman–Crippen MR) is 56.9 cm³/mol. The lowest BCUT2D eigenvalue weighted by Crippen LogP contribution is -2.29. The Kier molecular flexibility index (Phi) is 3.41. The average molecular weight is 315 g/mol. The molecule has 0 unspecified atom stereocenters. The molecule has 0 amide bonds. The maximum Gasteiger partial charge on any atom is 0.407 e. The third kappa shape index (κ3) is 2.60. The van der Waals surface area contributed by atoms with Gasteiger partial charge in [-0.05, 0) is 52.8 Å². The predicted octanol–water partition coefficient (Wildman–Crippen LogP) is 3.16. The minimum absolute atomic E-state index is 0.143. The quantitative estimate of drug-likeness (QED) is 0.792. The number of hydrogen-bond acceptors (Lipinski definition) is 1. The van der Waals surface area contributed by atoms with E-state index in [1.807, 2.05) is 22.6 Å². The van der Waals surface area contributed by atoms with E-state index in [4.69, 9.17) is 5.73 Å². The summed E-state index contributed by atoms with van der Waals surface area (Å²) in [7, 11) is 0. The van der Waals surface area contributed by atoms with Gasteiger partial charge >= 0.3 is 6.18 Å². The largest absolute Gasteiger partial charge is 0.407 e. The molecule has 0 aliphatic carbocycles. The fourth-order valence-corrected chi connectivity index (χ4v) is 1.64. The summed E-state index contributed by atoms with van der Waals surface area (Å²) in [4.78, 5) is 0. The molecule has 1 aromatic carbocycles. The fourth-order valence-electron chi connectivity index (χ4n) is 1.12. The lowest BCUT2D eigenvalue weighted by Gasteiger charge is -2.18. The molecule has 1 atom stereocenters. The molecule has 1 nitrogen and oxygen atoms in total. The Hall–Kier alpha value is -0.300. The molecule has 0 aliphatic rings. The van der Waals surface area contributed by atoms with E-state index in [1.165, 1.54) is 6.07 Å². The molecule has 0 bridgehead atoms. The van der Waals surface area contributed by atoms with Crippen LogP contribution in [-0.4, -0.2) is 6.18 Å². The van der Waals surface area contributed by atoms with Crippen molar-refractivity contribution in [2.45, 2.75) is 19.1 Å². The van der Waals surface area contributed by atoms with Crippen LogP contribution in [0, 0.1) is 10.5 Å². The summed E-state index contributed by atoms with van der Waals surface area (Å²) in [5.74, 6) is 0. The highest BCUT2D eigenvalue weighted by Crippen LogP contribution is 2.32. The number of alkyl halides is 3. The van der Waals surface area contributed by atoms with Crippen molar-refractivity contribution in [1.82, 2.24) is 0 Å². The Bertz CT molecular complexity index is 335. The minimum atomic E-state index is -4.38. The van der Waals surface area contributed by atoms with Crippen LogP contribution in [-0.2, 0) is 0 Å². The van der Waals surface area contributed by atoms with Crippen LogP contribution >= 0.6 is 22.6 Å². The van der Waals surface area contributed by atoms with Gasteiger partial charge < -0.3 is 5.73 Å². The SMILES string of the molecule is Cc1ccc(I)cc1[C@@H](N)C(F)(F)F. The molecule has 0 aromatic heterocycles. The van der Waals surface area contributed by atoms with E-state index in [1.54, 1.807) is 19.1 Å². The second kappa shape index (κ2) is 4.06. The third-order valence-electron chi connectivity index (χ3n) is 1.93. The first-order valence-corrected chi connectivity index (χ1v) is 4.98. The number of nitrogens with two attached hydrogens (primary N) is 1. The van der Waals surface area contributed by atoms with E-state index in [-0.39, 0.29) is 5.56 Å². The third-order valence-corrected chi connectivity index (χ3v) is 2.60. The van der Waals surface area contributed by atoms with E-state index in [0.717, 1.165) is 3.57 Å². The highest BCUT2D eigenvalue weighted by atomic mass is 127. The van der Waals surface area contributed by atoms with Gasteiger partial charge in [0.2, 0.25) is 0 Å². The summed E-state index contributed by atoms with van der Waals surface area (Å²) in [5.41, 5.74) is 5.82. The zero-order valence-electron chi connectivity index (χ0n) is 7.40. The number of hydrogen-bond donors (Lipinski definition) is 1. The Labute approximate surface area is 93.6 Å². The zero-order valence-corrected chi connectivity index (χ0v) is 9.56. The lowest BCUT2D eigenvalue weighted by atomic mass is 10.0. The second-order valence-electron chi connectivity index (χ2n) is 3.02. The topological polar surface area (TPSA) is 26.0 Å². The van der Waals surface area contributed by atoms with Crippen molar-refractivity contribution in [2.24, 2.45) is 5.73 Å². The van der Waals surface area contributed by atoms with Crippen molar-refractivity contribution in [1.29, 1.82) is 0 Å². The van der Waals surface area contributed by atoms with Crippen LogP contribution in [0.5, 0.6) is 0 Å². The first kappa shape index (κ1) is 11.8. The number of halogens is 4. The molecular weight excluding hydrogens is 306 g/mol. The normalized spacial score (nSPS) is 14.1. The highest BCUT2D eigenvalue weighted by molar-refractivity contribution is 14.1. The average Bonchev–Trinajstić information content (AvgIpc) is 2.06. The first-order chi connectivity index (χ1) is 6.32. The Balaban J connectivity index is 3.12. The van der Waals surface area contributed by atoms with Gasteiger partial charge in [0.15, 0.2) is 0 Å². The van der Waals surface area contributed by atoms with Gasteiger partial charge in [0, 0.05) is 3.57 Å². The van der Waals surface area contributed by atoms with Crippen molar-refractivity contribution in [3.8, 4) is 0 Å². The molecular formula is C9H9F3IN. The molecule has 0 saturated heterocycles. The van der Waals surface area contributed by atoms with Gasteiger partial charge in [-0.25, -0.2) is 0 Å². The highest BCUT2D eigenvalue weighted by Gasteiger charge is 2.38. The molecule has 2 N–H and O–H groups in total. The summed E-state index contributed by atoms with van der Waals surface area (Å²) in [6, 6.07) is 2.97. The van der Waals surface area contributed by atoms with Crippen LogP contribution < -0.4 is 5.73 Å². The van der Waals surface area contributed by atoms with E-state index in [0.29, 0.717) is 5.56 Å². The smallest absolute Gasteiger partial charge is 0.316 e. The Morgan fingerprint density at radius 1 is 1.36 bits per heavy atom. The summed E-state index contributed by atoms with van der Waals surface area (Å²) in [5, 5.41) is 0. The Morgan fingerprint density at radius 2 is 1.93 bits per heavy atom. The minimum Gasteiger partial charge on any atom is -0.316 e.